The van der Waals surface area contributed by atoms with Gasteiger partial charge < -0.3 is 0 Å². The Morgan fingerprint density at radius 2 is 1.83 bits per heavy atom. The number of rotatable bonds is 3. The van der Waals surface area contributed by atoms with Gasteiger partial charge in [-0.05, 0) is 38.3 Å². The van der Waals surface area contributed by atoms with Crippen LogP contribution < -0.4 is 0 Å². The molecule has 98 valence electrons. The Bertz CT molecular complexity index is 431. The summed E-state index contributed by atoms with van der Waals surface area (Å²) in [5.74, 6) is 0. The van der Waals surface area contributed by atoms with Crippen LogP contribution in [0.25, 0.3) is 0 Å². The molecule has 0 saturated heterocycles. The summed E-state index contributed by atoms with van der Waals surface area (Å²) in [5.41, 5.74) is 3.85. The lowest BCUT2D eigenvalue weighted by atomic mass is 10.2. The highest BCUT2D eigenvalue weighted by Crippen LogP contribution is 2.35. The minimum Gasteiger partial charge on any atom is -0.257 e. The minimum absolute atomic E-state index is 0.679. The van der Waals surface area contributed by atoms with Crippen molar-refractivity contribution in [1.82, 2.24) is 0 Å². The monoisotopic (exact) mass is 277 g/mol. The van der Waals surface area contributed by atoms with E-state index in [2.05, 4.69) is 62.0 Å². The molecule has 1 aliphatic carbocycles. The van der Waals surface area contributed by atoms with E-state index in [-0.39, 0.29) is 0 Å². The third kappa shape index (κ3) is 3.99. The normalized spacial score (nSPS) is 22.7. The van der Waals surface area contributed by atoms with E-state index in [1.54, 1.807) is 0 Å². The molecule has 1 fully saturated rings. The molecule has 0 radical (unpaired) electrons. The molecule has 1 aromatic rings. The maximum Gasteiger partial charge on any atom is 0.109 e. The summed E-state index contributed by atoms with van der Waals surface area (Å²) in [6.45, 7) is 9.41. The van der Waals surface area contributed by atoms with Crippen LogP contribution in [0.2, 0.25) is 19.6 Å². The molecule has 1 unspecified atom stereocenters. The molecule has 1 atom stereocenters. The second-order valence-electron chi connectivity index (χ2n) is 6.05. The fourth-order valence-electron chi connectivity index (χ4n) is 2.26. The first-order chi connectivity index (χ1) is 8.44. The molecule has 1 aliphatic rings. The third-order valence-electron chi connectivity index (χ3n) is 3.07. The third-order valence-corrected chi connectivity index (χ3v) is 7.55. The smallest absolute Gasteiger partial charge is 0.109 e. The maximum atomic E-state index is 4.88. The van der Waals surface area contributed by atoms with Crippen molar-refractivity contribution in [3.63, 3.8) is 0 Å². The Morgan fingerprint density at radius 1 is 1.17 bits per heavy atom. The summed E-state index contributed by atoms with van der Waals surface area (Å²) in [6.07, 6.45) is 3.82. The standard InChI is InChI=1S/C15H23NSSi/c1-12-8-10-13(11-9-12)16-14-6-5-7-15(14)17-18(2,3)4/h8-11,15H,5-7H2,1-4H3/b16-14+. The van der Waals surface area contributed by atoms with Gasteiger partial charge in [0, 0.05) is 11.0 Å². The lowest BCUT2D eigenvalue weighted by molar-refractivity contribution is 0.895. The van der Waals surface area contributed by atoms with E-state index in [0.717, 1.165) is 5.69 Å². The number of hydrogen-bond donors (Lipinski definition) is 0. The molecule has 0 aliphatic heterocycles. The van der Waals surface area contributed by atoms with Gasteiger partial charge in [0.25, 0.3) is 0 Å². The van der Waals surface area contributed by atoms with Crippen molar-refractivity contribution >= 4 is 29.8 Å². The van der Waals surface area contributed by atoms with E-state index in [9.17, 15) is 0 Å². The zero-order chi connectivity index (χ0) is 13.2. The van der Waals surface area contributed by atoms with Crippen molar-refractivity contribution in [2.75, 3.05) is 0 Å². The Labute approximate surface area is 116 Å². The number of benzene rings is 1. The number of nitrogens with zero attached hydrogens (tertiary/aromatic N) is 1. The summed E-state index contributed by atoms with van der Waals surface area (Å²) in [7, 11) is -1.05. The van der Waals surface area contributed by atoms with Crippen LogP contribution in [0.15, 0.2) is 29.3 Å². The lowest BCUT2D eigenvalue weighted by Crippen LogP contribution is -2.22. The molecule has 1 saturated carbocycles. The number of aryl methyl sites for hydroxylation is 1. The molecule has 18 heavy (non-hydrogen) atoms. The first-order valence-electron chi connectivity index (χ1n) is 6.76. The molecule has 1 aromatic carbocycles. The summed E-state index contributed by atoms with van der Waals surface area (Å²) in [6, 6.07) is 8.57. The van der Waals surface area contributed by atoms with Gasteiger partial charge in [0.2, 0.25) is 0 Å². The molecular weight excluding hydrogens is 254 g/mol. The van der Waals surface area contributed by atoms with Crippen molar-refractivity contribution in [3.8, 4) is 0 Å². The van der Waals surface area contributed by atoms with Gasteiger partial charge in [-0.25, -0.2) is 0 Å². The van der Waals surface area contributed by atoms with Gasteiger partial charge in [0.1, 0.15) is 7.22 Å². The second-order valence-corrected chi connectivity index (χ2v) is 15.5. The van der Waals surface area contributed by atoms with E-state index in [0.29, 0.717) is 5.25 Å². The van der Waals surface area contributed by atoms with Crippen LogP contribution in [0.4, 0.5) is 5.69 Å². The summed E-state index contributed by atoms with van der Waals surface area (Å²) in [5, 5.41) is 0.679. The highest BCUT2D eigenvalue weighted by Gasteiger charge is 2.28. The average molecular weight is 278 g/mol. The van der Waals surface area contributed by atoms with Crippen LogP contribution in [0.3, 0.4) is 0 Å². The van der Waals surface area contributed by atoms with Crippen molar-refractivity contribution in [3.05, 3.63) is 29.8 Å². The van der Waals surface area contributed by atoms with Gasteiger partial charge in [-0.1, -0.05) is 37.3 Å². The van der Waals surface area contributed by atoms with Crippen LogP contribution >= 0.6 is 11.2 Å². The van der Waals surface area contributed by atoms with Crippen molar-refractivity contribution in [2.24, 2.45) is 4.99 Å². The first kappa shape index (κ1) is 13.9. The van der Waals surface area contributed by atoms with E-state index in [1.807, 2.05) is 0 Å². The molecular formula is C15H23NSSi. The summed E-state index contributed by atoms with van der Waals surface area (Å²) < 4.78 is 0. The molecule has 0 bridgehead atoms. The zero-order valence-corrected chi connectivity index (χ0v) is 13.7. The number of aliphatic imine (C=N–C) groups is 1. The Balaban J connectivity index is 2.13. The minimum atomic E-state index is -1.05. The van der Waals surface area contributed by atoms with Crippen molar-refractivity contribution < 1.29 is 0 Å². The molecule has 2 rings (SSSR count). The highest BCUT2D eigenvalue weighted by atomic mass is 32.4. The van der Waals surface area contributed by atoms with Crippen LogP contribution in [0, 0.1) is 6.92 Å². The summed E-state index contributed by atoms with van der Waals surface area (Å²) >= 11 is 2.20. The first-order valence-corrected chi connectivity index (χ1v) is 11.9. The SMILES string of the molecule is Cc1ccc(/N=C2\CCCC2S[Si](C)(C)C)cc1. The fourth-order valence-corrected chi connectivity index (χ4v) is 7.03. The largest absolute Gasteiger partial charge is 0.257 e. The predicted molar refractivity (Wildman–Crippen MR) is 86.9 cm³/mol. The van der Waals surface area contributed by atoms with Gasteiger partial charge in [-0.3, -0.25) is 4.99 Å². The fraction of sp³-hybridized carbons (Fsp3) is 0.533. The Morgan fingerprint density at radius 3 is 2.44 bits per heavy atom. The maximum absolute atomic E-state index is 4.88. The zero-order valence-electron chi connectivity index (χ0n) is 11.9. The topological polar surface area (TPSA) is 12.4 Å². The van der Waals surface area contributed by atoms with Crippen LogP contribution in [0.5, 0.6) is 0 Å². The van der Waals surface area contributed by atoms with Gasteiger partial charge in [-0.2, -0.15) is 11.2 Å². The van der Waals surface area contributed by atoms with Gasteiger partial charge in [0.15, 0.2) is 0 Å². The molecule has 0 heterocycles. The number of hydrogen-bond acceptors (Lipinski definition) is 2. The van der Waals surface area contributed by atoms with E-state index in [4.69, 9.17) is 4.99 Å². The van der Waals surface area contributed by atoms with Crippen LogP contribution in [-0.2, 0) is 0 Å². The van der Waals surface area contributed by atoms with E-state index < -0.39 is 7.22 Å². The van der Waals surface area contributed by atoms with Crippen molar-refractivity contribution in [2.45, 2.75) is 51.1 Å². The Hall–Kier alpha value is -0.543. The van der Waals surface area contributed by atoms with Crippen molar-refractivity contribution in [1.29, 1.82) is 0 Å². The molecule has 0 spiro atoms. The summed E-state index contributed by atoms with van der Waals surface area (Å²) in [4.78, 5) is 4.88. The predicted octanol–water partition coefficient (Wildman–Crippen LogP) is 5.19. The van der Waals surface area contributed by atoms with Crippen LogP contribution in [0.1, 0.15) is 24.8 Å². The average Bonchev–Trinajstić information content (AvgIpc) is 2.67. The quantitative estimate of drug-likeness (QED) is 0.693. The molecule has 0 N–H and O–H groups in total. The van der Waals surface area contributed by atoms with E-state index in [1.165, 1.54) is 30.5 Å². The molecule has 3 heteroatoms. The lowest BCUT2D eigenvalue weighted by Gasteiger charge is -2.21. The second kappa shape index (κ2) is 5.62. The Kier molecular flexibility index (Phi) is 4.33. The van der Waals surface area contributed by atoms with E-state index >= 15 is 0 Å². The van der Waals surface area contributed by atoms with Gasteiger partial charge in [0.05, 0.1) is 5.69 Å². The molecule has 0 amide bonds. The molecule has 1 nitrogen and oxygen atoms in total. The molecule has 0 aromatic heterocycles. The van der Waals surface area contributed by atoms with Gasteiger partial charge in [-0.15, -0.1) is 0 Å². The van der Waals surface area contributed by atoms with Gasteiger partial charge >= 0.3 is 0 Å². The highest BCUT2D eigenvalue weighted by molar-refractivity contribution is 8.29. The van der Waals surface area contributed by atoms with Crippen LogP contribution in [-0.4, -0.2) is 18.2 Å².